The third-order valence-electron chi connectivity index (χ3n) is 5.55. The SMILES string of the molecule is CCN(CC)C(=O)C1=CCC(C(=C2CCNCC2)c2ccccc2OC)C#C1. The summed E-state index contributed by atoms with van der Waals surface area (Å²) in [6.07, 6.45) is 4.85. The van der Waals surface area contributed by atoms with E-state index in [0.29, 0.717) is 18.7 Å². The fourth-order valence-corrected chi connectivity index (χ4v) is 4.01. The van der Waals surface area contributed by atoms with E-state index in [-0.39, 0.29) is 11.8 Å². The topological polar surface area (TPSA) is 41.6 Å². The van der Waals surface area contributed by atoms with E-state index in [2.05, 4.69) is 29.3 Å². The van der Waals surface area contributed by atoms with Gasteiger partial charge in [0, 0.05) is 24.6 Å². The molecule has 4 heteroatoms. The zero-order valence-corrected chi connectivity index (χ0v) is 17.2. The minimum absolute atomic E-state index is 0.0457. The van der Waals surface area contributed by atoms with Gasteiger partial charge in [-0.3, -0.25) is 4.79 Å². The molecule has 148 valence electrons. The lowest BCUT2D eigenvalue weighted by atomic mass is 9.81. The third kappa shape index (κ3) is 4.31. The summed E-state index contributed by atoms with van der Waals surface area (Å²) < 4.78 is 5.65. The predicted octanol–water partition coefficient (Wildman–Crippen LogP) is 3.65. The van der Waals surface area contributed by atoms with Crippen molar-refractivity contribution in [3.8, 4) is 17.6 Å². The first-order valence-corrected chi connectivity index (χ1v) is 10.3. The van der Waals surface area contributed by atoms with Crippen LogP contribution in [-0.4, -0.2) is 44.1 Å². The van der Waals surface area contributed by atoms with Crippen molar-refractivity contribution in [3.05, 3.63) is 47.1 Å². The van der Waals surface area contributed by atoms with E-state index in [0.717, 1.165) is 43.7 Å². The monoisotopic (exact) mass is 378 g/mol. The first-order chi connectivity index (χ1) is 13.7. The summed E-state index contributed by atoms with van der Waals surface area (Å²) in [5.74, 6) is 7.60. The lowest BCUT2D eigenvalue weighted by molar-refractivity contribution is -0.126. The van der Waals surface area contributed by atoms with Crippen LogP contribution in [-0.2, 0) is 4.79 Å². The number of para-hydroxylation sites is 1. The van der Waals surface area contributed by atoms with E-state index in [1.54, 1.807) is 7.11 Å². The summed E-state index contributed by atoms with van der Waals surface area (Å²) in [5.41, 5.74) is 4.51. The number of allylic oxidation sites excluding steroid dienone is 2. The van der Waals surface area contributed by atoms with Gasteiger partial charge < -0.3 is 15.0 Å². The average molecular weight is 379 g/mol. The van der Waals surface area contributed by atoms with Crippen LogP contribution in [0.5, 0.6) is 5.75 Å². The standard InChI is InChI=1S/C24H30N2O2/c1-4-26(5-2)24(27)20-12-10-18(11-13-20)23(19-14-16-25-17-15-19)21-8-6-7-9-22(21)28-3/h6-9,12,18,25H,4-5,10,14-17H2,1-3H3. The van der Waals surface area contributed by atoms with E-state index in [1.165, 1.54) is 11.1 Å². The molecule has 1 aliphatic carbocycles. The molecule has 1 unspecified atom stereocenters. The molecular weight excluding hydrogens is 348 g/mol. The fraction of sp³-hybridized carbons (Fsp3) is 0.458. The first-order valence-electron chi connectivity index (χ1n) is 10.3. The van der Waals surface area contributed by atoms with Crippen molar-refractivity contribution in [3.63, 3.8) is 0 Å². The lowest BCUT2D eigenvalue weighted by Crippen LogP contribution is -2.32. The number of carbonyl (C=O) groups is 1. The highest BCUT2D eigenvalue weighted by Crippen LogP contribution is 2.38. The molecule has 1 aromatic rings. The molecule has 0 aromatic heterocycles. The molecule has 1 saturated heterocycles. The highest BCUT2D eigenvalue weighted by Gasteiger charge is 2.25. The second kappa shape index (κ2) is 9.61. The molecule has 3 rings (SSSR count). The molecule has 4 nitrogen and oxygen atoms in total. The minimum Gasteiger partial charge on any atom is -0.496 e. The van der Waals surface area contributed by atoms with Gasteiger partial charge in [0.15, 0.2) is 0 Å². The predicted molar refractivity (Wildman–Crippen MR) is 114 cm³/mol. The van der Waals surface area contributed by atoms with Gasteiger partial charge in [0.1, 0.15) is 5.75 Å². The fourth-order valence-electron chi connectivity index (χ4n) is 4.01. The Morgan fingerprint density at radius 1 is 1.21 bits per heavy atom. The van der Waals surface area contributed by atoms with Gasteiger partial charge in [0.2, 0.25) is 0 Å². The third-order valence-corrected chi connectivity index (χ3v) is 5.55. The molecule has 28 heavy (non-hydrogen) atoms. The number of methoxy groups -OCH3 is 1. The van der Waals surface area contributed by atoms with Crippen molar-refractivity contribution in [2.45, 2.75) is 33.1 Å². The molecule has 1 aromatic carbocycles. The van der Waals surface area contributed by atoms with Crippen molar-refractivity contribution in [1.82, 2.24) is 10.2 Å². The molecule has 1 aliphatic heterocycles. The Morgan fingerprint density at radius 2 is 1.93 bits per heavy atom. The maximum absolute atomic E-state index is 12.6. The van der Waals surface area contributed by atoms with Gasteiger partial charge in [-0.25, -0.2) is 0 Å². The Bertz CT molecular complexity index is 830. The molecular formula is C24H30N2O2. The van der Waals surface area contributed by atoms with Gasteiger partial charge in [0.25, 0.3) is 5.91 Å². The molecule has 1 N–H and O–H groups in total. The number of carbonyl (C=O) groups excluding carboxylic acids is 1. The van der Waals surface area contributed by atoms with Crippen molar-refractivity contribution in [1.29, 1.82) is 0 Å². The molecule has 0 saturated carbocycles. The first kappa shape index (κ1) is 20.2. The summed E-state index contributed by atoms with van der Waals surface area (Å²) >= 11 is 0. The van der Waals surface area contributed by atoms with Crippen LogP contribution in [0.3, 0.4) is 0 Å². The maximum Gasteiger partial charge on any atom is 0.261 e. The van der Waals surface area contributed by atoms with Crippen molar-refractivity contribution >= 4 is 11.5 Å². The minimum atomic E-state index is 0.0457. The quantitative estimate of drug-likeness (QED) is 0.769. The van der Waals surface area contributed by atoms with Crippen LogP contribution in [0.15, 0.2) is 41.5 Å². The van der Waals surface area contributed by atoms with E-state index in [1.807, 2.05) is 37.0 Å². The van der Waals surface area contributed by atoms with Crippen LogP contribution in [0.2, 0.25) is 0 Å². The smallest absolute Gasteiger partial charge is 0.261 e. The van der Waals surface area contributed by atoms with Crippen molar-refractivity contribution in [2.24, 2.45) is 5.92 Å². The van der Waals surface area contributed by atoms with Crippen molar-refractivity contribution < 1.29 is 9.53 Å². The number of nitrogens with zero attached hydrogens (tertiary/aromatic N) is 1. The highest BCUT2D eigenvalue weighted by molar-refractivity contribution is 5.98. The lowest BCUT2D eigenvalue weighted by Gasteiger charge is -2.26. The van der Waals surface area contributed by atoms with Gasteiger partial charge in [-0.1, -0.05) is 41.7 Å². The molecule has 0 spiro atoms. The summed E-state index contributed by atoms with van der Waals surface area (Å²) in [5, 5.41) is 3.44. The van der Waals surface area contributed by atoms with Crippen molar-refractivity contribution in [2.75, 3.05) is 33.3 Å². The van der Waals surface area contributed by atoms with Gasteiger partial charge in [-0.05, 0) is 57.8 Å². The Balaban J connectivity index is 1.95. The number of piperidine rings is 1. The second-order valence-corrected chi connectivity index (χ2v) is 7.12. The number of likely N-dealkylation sites (N-methyl/N-ethyl adjacent to an activating group) is 1. The Morgan fingerprint density at radius 3 is 2.54 bits per heavy atom. The maximum atomic E-state index is 12.6. The number of ether oxygens (including phenoxy) is 1. The van der Waals surface area contributed by atoms with Crippen LogP contribution < -0.4 is 10.1 Å². The molecule has 0 radical (unpaired) electrons. The van der Waals surface area contributed by atoms with Crippen LogP contribution >= 0.6 is 0 Å². The van der Waals surface area contributed by atoms with E-state index >= 15 is 0 Å². The number of nitrogens with one attached hydrogen (secondary N) is 1. The molecule has 1 heterocycles. The van der Waals surface area contributed by atoms with Crippen LogP contribution in [0.1, 0.15) is 38.7 Å². The molecule has 0 bridgehead atoms. The molecule has 1 fully saturated rings. The summed E-state index contributed by atoms with van der Waals surface area (Å²) in [7, 11) is 1.72. The zero-order valence-electron chi connectivity index (χ0n) is 17.2. The number of amides is 1. The number of hydrogen-bond donors (Lipinski definition) is 1. The molecule has 1 amide bonds. The number of benzene rings is 1. The normalized spacial score (nSPS) is 18.6. The number of rotatable bonds is 6. The van der Waals surface area contributed by atoms with E-state index < -0.39 is 0 Å². The summed E-state index contributed by atoms with van der Waals surface area (Å²) in [6, 6.07) is 8.20. The van der Waals surface area contributed by atoms with Gasteiger partial charge in [-0.15, -0.1) is 0 Å². The van der Waals surface area contributed by atoms with Crippen LogP contribution in [0.25, 0.3) is 5.57 Å². The molecule has 2 aliphatic rings. The van der Waals surface area contributed by atoms with Gasteiger partial charge in [0.05, 0.1) is 12.7 Å². The second-order valence-electron chi connectivity index (χ2n) is 7.12. The van der Waals surface area contributed by atoms with Gasteiger partial charge >= 0.3 is 0 Å². The van der Waals surface area contributed by atoms with Crippen LogP contribution in [0.4, 0.5) is 0 Å². The zero-order chi connectivity index (χ0) is 19.9. The highest BCUT2D eigenvalue weighted by atomic mass is 16.5. The summed E-state index contributed by atoms with van der Waals surface area (Å²) in [4.78, 5) is 14.5. The van der Waals surface area contributed by atoms with Crippen LogP contribution in [0, 0.1) is 17.8 Å². The van der Waals surface area contributed by atoms with E-state index in [4.69, 9.17) is 4.74 Å². The van der Waals surface area contributed by atoms with Gasteiger partial charge in [-0.2, -0.15) is 0 Å². The Hall–Kier alpha value is -2.51. The largest absolute Gasteiger partial charge is 0.496 e. The Labute approximate surface area is 168 Å². The average Bonchev–Trinajstić information content (AvgIpc) is 2.76. The molecule has 1 atom stereocenters. The summed E-state index contributed by atoms with van der Waals surface area (Å²) in [6.45, 7) is 7.42. The number of hydrogen-bond acceptors (Lipinski definition) is 3. The van der Waals surface area contributed by atoms with E-state index in [9.17, 15) is 4.79 Å². The Kier molecular flexibility index (Phi) is 6.95.